The maximum atomic E-state index is 14.1. The molecule has 4 rings (SSSR count). The highest BCUT2D eigenvalue weighted by atomic mass is 19.1. The van der Waals surface area contributed by atoms with Gasteiger partial charge in [-0.2, -0.15) is 0 Å². The van der Waals surface area contributed by atoms with Crippen molar-refractivity contribution in [3.05, 3.63) is 40.7 Å². The molecular weight excluding hydrogens is 359 g/mol. The molecule has 2 bridgehead atoms. The molecule has 0 radical (unpaired) electrons. The maximum absolute atomic E-state index is 14.1. The third-order valence-corrected chi connectivity index (χ3v) is 7.07. The zero-order chi connectivity index (χ0) is 20.1. The van der Waals surface area contributed by atoms with Gasteiger partial charge in [-0.05, 0) is 77.0 Å². The third-order valence-electron chi connectivity index (χ3n) is 7.07. The van der Waals surface area contributed by atoms with E-state index in [1.807, 2.05) is 20.8 Å². The number of phenols is 1. The summed E-state index contributed by atoms with van der Waals surface area (Å²) in [6.45, 7) is 6.09. The van der Waals surface area contributed by atoms with Crippen LogP contribution in [0.4, 0.5) is 4.39 Å². The van der Waals surface area contributed by atoms with Gasteiger partial charge in [0.2, 0.25) is 0 Å². The number of esters is 1. The molecule has 2 aliphatic carbocycles. The molecular formula is C23H29FO4. The van der Waals surface area contributed by atoms with Crippen LogP contribution in [0.5, 0.6) is 5.75 Å². The Kier molecular flexibility index (Phi) is 4.77. The number of phenolic OH excluding ortho intramolecular Hbond substituents is 1. The third kappa shape index (κ3) is 2.86. The minimum Gasteiger partial charge on any atom is -0.505 e. The first-order valence-corrected chi connectivity index (χ1v) is 10.3. The Hall–Kier alpha value is -1.88. The standard InChI is InChI=1S/C23H29FO4/c1-4-27-21(26)23-12-15-7-5-6-8-16(15)17(13-23)20(28-22(23,2)3)14-9-10-19(25)18(24)11-14/h9-11,17,20,25H,4-8,12-13H2,1-3H3. The smallest absolute Gasteiger partial charge is 0.315 e. The number of halogens is 1. The van der Waals surface area contributed by atoms with Gasteiger partial charge in [-0.25, -0.2) is 4.39 Å². The Labute approximate surface area is 165 Å². The second-order valence-electron chi connectivity index (χ2n) is 8.89. The SMILES string of the molecule is CCOC(=O)C12CC3=C(CCCC3)C(C1)C(c1ccc(O)c(F)c1)OC2(C)C. The molecule has 3 unspecified atom stereocenters. The molecule has 1 aromatic carbocycles. The predicted molar refractivity (Wildman–Crippen MR) is 103 cm³/mol. The van der Waals surface area contributed by atoms with Gasteiger partial charge in [0.25, 0.3) is 0 Å². The highest BCUT2D eigenvalue weighted by molar-refractivity contribution is 5.80. The summed E-state index contributed by atoms with van der Waals surface area (Å²) < 4.78 is 26.2. The molecule has 1 aromatic rings. The Morgan fingerprint density at radius 3 is 2.79 bits per heavy atom. The molecule has 1 heterocycles. The lowest BCUT2D eigenvalue weighted by molar-refractivity contribution is -0.227. The van der Waals surface area contributed by atoms with Crippen molar-refractivity contribution in [3.63, 3.8) is 0 Å². The summed E-state index contributed by atoms with van der Waals surface area (Å²) in [5.41, 5.74) is 2.02. The van der Waals surface area contributed by atoms with E-state index in [9.17, 15) is 14.3 Å². The number of aromatic hydroxyl groups is 1. The minimum atomic E-state index is -0.745. The van der Waals surface area contributed by atoms with E-state index in [0.29, 0.717) is 25.0 Å². The van der Waals surface area contributed by atoms with Crippen LogP contribution in [-0.2, 0) is 14.3 Å². The Morgan fingerprint density at radius 2 is 2.07 bits per heavy atom. The Morgan fingerprint density at radius 1 is 1.32 bits per heavy atom. The van der Waals surface area contributed by atoms with E-state index in [4.69, 9.17) is 9.47 Å². The van der Waals surface area contributed by atoms with E-state index >= 15 is 0 Å². The van der Waals surface area contributed by atoms with Crippen molar-refractivity contribution in [3.8, 4) is 5.75 Å². The van der Waals surface area contributed by atoms with E-state index < -0.39 is 16.8 Å². The molecule has 1 saturated heterocycles. The van der Waals surface area contributed by atoms with Gasteiger partial charge in [-0.1, -0.05) is 17.2 Å². The van der Waals surface area contributed by atoms with Gasteiger partial charge < -0.3 is 14.6 Å². The number of fused-ring (bicyclic) bond motifs is 3. The molecule has 3 atom stereocenters. The number of allylic oxidation sites excluding steroid dienone is 1. The number of hydrogen-bond acceptors (Lipinski definition) is 4. The van der Waals surface area contributed by atoms with Gasteiger partial charge >= 0.3 is 5.97 Å². The number of carbonyl (C=O) groups is 1. The zero-order valence-corrected chi connectivity index (χ0v) is 16.9. The van der Waals surface area contributed by atoms with Crippen LogP contribution in [-0.4, -0.2) is 23.3 Å². The average Bonchev–Trinajstić information content (AvgIpc) is 2.67. The minimum absolute atomic E-state index is 0.0328. The van der Waals surface area contributed by atoms with Gasteiger partial charge in [0.05, 0.1) is 18.3 Å². The van der Waals surface area contributed by atoms with Crippen molar-refractivity contribution in [2.24, 2.45) is 11.3 Å². The molecule has 0 aromatic heterocycles. The van der Waals surface area contributed by atoms with Crippen molar-refractivity contribution < 1.29 is 23.8 Å². The fourth-order valence-electron chi connectivity index (χ4n) is 5.51. The molecule has 152 valence electrons. The molecule has 4 nitrogen and oxygen atoms in total. The molecule has 1 fully saturated rings. The van der Waals surface area contributed by atoms with Crippen molar-refractivity contribution in [2.45, 2.75) is 71.0 Å². The number of ether oxygens (including phenoxy) is 2. The summed E-state index contributed by atoms with van der Waals surface area (Å²) in [5, 5.41) is 9.60. The molecule has 1 N–H and O–H groups in total. The number of rotatable bonds is 3. The molecule has 0 spiro atoms. The highest BCUT2D eigenvalue weighted by Gasteiger charge is 2.62. The second-order valence-corrected chi connectivity index (χ2v) is 8.89. The van der Waals surface area contributed by atoms with Gasteiger partial charge in [-0.15, -0.1) is 0 Å². The number of hydrogen-bond donors (Lipinski definition) is 1. The van der Waals surface area contributed by atoms with Gasteiger partial charge in [0.15, 0.2) is 11.6 Å². The highest BCUT2D eigenvalue weighted by Crippen LogP contribution is 2.62. The predicted octanol–water partition coefficient (Wildman–Crippen LogP) is 5.21. The summed E-state index contributed by atoms with van der Waals surface area (Å²) in [4.78, 5) is 13.1. The number of benzene rings is 1. The zero-order valence-electron chi connectivity index (χ0n) is 16.9. The van der Waals surface area contributed by atoms with Gasteiger partial charge in [0, 0.05) is 5.92 Å². The van der Waals surface area contributed by atoms with Crippen LogP contribution in [0.15, 0.2) is 29.3 Å². The summed E-state index contributed by atoms with van der Waals surface area (Å²) in [5.74, 6) is -1.15. The molecule has 3 aliphatic rings. The molecule has 1 aliphatic heterocycles. The second kappa shape index (κ2) is 6.87. The summed E-state index contributed by atoms with van der Waals surface area (Å²) in [7, 11) is 0. The Bertz CT molecular complexity index is 828. The largest absolute Gasteiger partial charge is 0.505 e. The first-order chi connectivity index (χ1) is 13.3. The van der Waals surface area contributed by atoms with Crippen LogP contribution in [0.3, 0.4) is 0 Å². The molecule has 0 saturated carbocycles. The van der Waals surface area contributed by atoms with Crippen molar-refractivity contribution >= 4 is 5.97 Å². The maximum Gasteiger partial charge on any atom is 0.315 e. The van der Waals surface area contributed by atoms with Gasteiger partial charge in [-0.3, -0.25) is 4.79 Å². The summed E-state index contributed by atoms with van der Waals surface area (Å²) in [6, 6.07) is 4.48. The van der Waals surface area contributed by atoms with Crippen LogP contribution in [0.1, 0.15) is 71.0 Å². The van der Waals surface area contributed by atoms with Crippen LogP contribution in [0.2, 0.25) is 0 Å². The van der Waals surface area contributed by atoms with E-state index in [1.165, 1.54) is 23.3 Å². The monoisotopic (exact) mass is 388 g/mol. The van der Waals surface area contributed by atoms with Gasteiger partial charge in [0.1, 0.15) is 5.41 Å². The summed E-state index contributed by atoms with van der Waals surface area (Å²) in [6.07, 6.45) is 5.33. The van der Waals surface area contributed by atoms with Crippen LogP contribution >= 0.6 is 0 Å². The van der Waals surface area contributed by atoms with Crippen molar-refractivity contribution in [2.75, 3.05) is 6.61 Å². The van der Waals surface area contributed by atoms with Crippen molar-refractivity contribution in [1.29, 1.82) is 0 Å². The van der Waals surface area contributed by atoms with E-state index in [-0.39, 0.29) is 23.7 Å². The van der Waals surface area contributed by atoms with Crippen LogP contribution < -0.4 is 0 Å². The Balaban J connectivity index is 1.83. The first-order valence-electron chi connectivity index (χ1n) is 10.3. The first kappa shape index (κ1) is 19.4. The van der Waals surface area contributed by atoms with Crippen LogP contribution in [0.25, 0.3) is 0 Å². The lowest BCUT2D eigenvalue weighted by Gasteiger charge is -2.57. The lowest BCUT2D eigenvalue weighted by Crippen LogP contribution is -2.59. The lowest BCUT2D eigenvalue weighted by atomic mass is 9.55. The summed E-state index contributed by atoms with van der Waals surface area (Å²) >= 11 is 0. The molecule has 28 heavy (non-hydrogen) atoms. The van der Waals surface area contributed by atoms with E-state index in [1.54, 1.807) is 6.07 Å². The quantitative estimate of drug-likeness (QED) is 0.570. The topological polar surface area (TPSA) is 55.8 Å². The molecule has 5 heteroatoms. The molecule has 0 amide bonds. The average molecular weight is 388 g/mol. The number of carbonyl (C=O) groups excluding carboxylic acids is 1. The fourth-order valence-corrected chi connectivity index (χ4v) is 5.51. The fraction of sp³-hybridized carbons (Fsp3) is 0.609. The van der Waals surface area contributed by atoms with E-state index in [0.717, 1.165) is 25.7 Å². The van der Waals surface area contributed by atoms with Crippen LogP contribution in [0, 0.1) is 17.2 Å². The van der Waals surface area contributed by atoms with E-state index in [2.05, 4.69) is 0 Å². The van der Waals surface area contributed by atoms with Crippen molar-refractivity contribution in [1.82, 2.24) is 0 Å². The normalized spacial score (nSPS) is 31.3.